The first-order chi connectivity index (χ1) is 11.9. The lowest BCUT2D eigenvalue weighted by molar-refractivity contribution is -0.142. The van der Waals surface area contributed by atoms with Crippen LogP contribution in [0.15, 0.2) is 0 Å². The Morgan fingerprint density at radius 1 is 0.885 bits per heavy atom. The van der Waals surface area contributed by atoms with Gasteiger partial charge in [0.2, 0.25) is 17.8 Å². The molecular formula is C16H27N7O3. The van der Waals surface area contributed by atoms with E-state index in [1.54, 1.807) is 13.8 Å². The fourth-order valence-electron chi connectivity index (χ4n) is 2.59. The summed E-state index contributed by atoms with van der Waals surface area (Å²) < 4.78 is 0. The highest BCUT2D eigenvalue weighted by Crippen LogP contribution is 2.30. The number of urea groups is 1. The largest absolute Gasteiger partial charge is 0.383 e. The molecule has 1 aliphatic heterocycles. The Morgan fingerprint density at radius 3 is 1.58 bits per heavy atom. The van der Waals surface area contributed by atoms with E-state index in [9.17, 15) is 14.4 Å². The van der Waals surface area contributed by atoms with Crippen LogP contribution in [0.5, 0.6) is 0 Å². The molecule has 10 nitrogen and oxygen atoms in total. The predicted molar refractivity (Wildman–Crippen MR) is 98.8 cm³/mol. The fraction of sp³-hybridized carbons (Fsp3) is 0.562. The van der Waals surface area contributed by atoms with E-state index in [-0.39, 0.29) is 17.8 Å². The van der Waals surface area contributed by atoms with Crippen LogP contribution in [0.4, 0.5) is 22.4 Å². The number of anilines is 3. The van der Waals surface area contributed by atoms with Gasteiger partial charge in [-0.3, -0.25) is 19.4 Å². The maximum absolute atomic E-state index is 11.4. The van der Waals surface area contributed by atoms with E-state index in [2.05, 4.69) is 9.97 Å². The molecule has 4 amide bonds. The molecule has 0 radical (unpaired) electrons. The number of nitrogens with two attached hydrogens (primary N) is 3. The number of nitrogen functional groups attached to an aromatic ring is 3. The number of carbonyl (C=O) groups excluding carboxylic acids is 3. The van der Waals surface area contributed by atoms with Crippen molar-refractivity contribution < 1.29 is 14.4 Å². The zero-order chi connectivity index (χ0) is 20.2. The number of nitrogens with zero attached hydrogens (tertiary/aromatic N) is 4. The van der Waals surface area contributed by atoms with Crippen LogP contribution in [-0.2, 0) is 15.0 Å². The molecule has 0 aromatic carbocycles. The summed E-state index contributed by atoms with van der Waals surface area (Å²) >= 11 is 0. The highest BCUT2D eigenvalue weighted by Gasteiger charge is 2.35. The molecule has 1 aliphatic rings. The van der Waals surface area contributed by atoms with Gasteiger partial charge < -0.3 is 17.2 Å². The maximum atomic E-state index is 11.4. The summed E-state index contributed by atoms with van der Waals surface area (Å²) in [5.74, 6) is 0.0300. The molecule has 0 atom stereocenters. The van der Waals surface area contributed by atoms with Gasteiger partial charge in [0.15, 0.2) is 0 Å². The Bertz CT molecular complexity index is 665. The molecule has 26 heavy (non-hydrogen) atoms. The molecule has 1 aromatic heterocycles. The molecule has 0 bridgehead atoms. The second-order valence-corrected chi connectivity index (χ2v) is 6.71. The average Bonchev–Trinajstić information content (AvgIpc) is 2.45. The van der Waals surface area contributed by atoms with Gasteiger partial charge in [-0.25, -0.2) is 4.79 Å². The Labute approximate surface area is 152 Å². The molecule has 0 unspecified atom stereocenters. The lowest BCUT2D eigenvalue weighted by Gasteiger charge is -2.31. The van der Waals surface area contributed by atoms with Crippen molar-refractivity contribution in [2.24, 2.45) is 0 Å². The van der Waals surface area contributed by atoms with Crippen LogP contribution in [0.2, 0.25) is 0 Å². The lowest BCUT2D eigenvalue weighted by atomic mass is 9.87. The van der Waals surface area contributed by atoms with Gasteiger partial charge in [0.25, 0.3) is 0 Å². The Kier molecular flexibility index (Phi) is 6.49. The molecule has 0 spiro atoms. The van der Waals surface area contributed by atoms with Crippen molar-refractivity contribution in [2.45, 2.75) is 46.5 Å². The first kappa shape index (κ1) is 21.1. The van der Waals surface area contributed by atoms with Crippen LogP contribution in [0.25, 0.3) is 0 Å². The van der Waals surface area contributed by atoms with Gasteiger partial charge in [-0.2, -0.15) is 9.97 Å². The van der Waals surface area contributed by atoms with Crippen molar-refractivity contribution in [1.29, 1.82) is 0 Å². The Morgan fingerprint density at radius 2 is 1.27 bits per heavy atom. The van der Waals surface area contributed by atoms with Crippen molar-refractivity contribution in [2.75, 3.05) is 30.3 Å². The Hall–Kier alpha value is -2.91. The van der Waals surface area contributed by atoms with Crippen molar-refractivity contribution in [3.05, 3.63) is 5.56 Å². The third-order valence-electron chi connectivity index (χ3n) is 3.73. The summed E-state index contributed by atoms with van der Waals surface area (Å²) in [5, 5.41) is 0. The lowest BCUT2D eigenvalue weighted by Crippen LogP contribution is -2.54. The minimum atomic E-state index is -0.494. The van der Waals surface area contributed by atoms with Crippen LogP contribution >= 0.6 is 0 Å². The zero-order valence-electron chi connectivity index (χ0n) is 15.9. The van der Waals surface area contributed by atoms with Gasteiger partial charge >= 0.3 is 6.03 Å². The smallest absolute Gasteiger partial charge is 0.333 e. The normalized spacial score (nSPS) is 15.0. The summed E-state index contributed by atoms with van der Waals surface area (Å²) in [5.41, 5.74) is 17.4. The summed E-state index contributed by atoms with van der Waals surface area (Å²) in [6.45, 7) is 10.0. The number of amides is 4. The van der Waals surface area contributed by atoms with E-state index >= 15 is 0 Å². The number of barbiturate groups is 1. The van der Waals surface area contributed by atoms with E-state index in [1.165, 1.54) is 0 Å². The van der Waals surface area contributed by atoms with E-state index < -0.39 is 17.8 Å². The molecule has 10 heteroatoms. The SMILES string of the molecule is CC(C)(C)c1c(N)nc(N)nc1N.CCN1C(=O)CC(=O)N(CC)C1=O. The van der Waals surface area contributed by atoms with Gasteiger partial charge in [0, 0.05) is 18.7 Å². The highest BCUT2D eigenvalue weighted by molar-refractivity contribution is 6.13. The van der Waals surface area contributed by atoms with Gasteiger partial charge in [0.05, 0.1) is 0 Å². The summed E-state index contributed by atoms with van der Waals surface area (Å²) in [4.78, 5) is 43.7. The fourth-order valence-corrected chi connectivity index (χ4v) is 2.59. The van der Waals surface area contributed by atoms with Crippen LogP contribution < -0.4 is 17.2 Å². The third kappa shape index (κ3) is 4.58. The second kappa shape index (κ2) is 7.98. The molecule has 2 heterocycles. The second-order valence-electron chi connectivity index (χ2n) is 6.71. The number of carbonyl (C=O) groups is 3. The van der Waals surface area contributed by atoms with E-state index in [0.717, 1.165) is 15.4 Å². The molecule has 2 rings (SSSR count). The molecule has 1 fully saturated rings. The predicted octanol–water partition coefficient (Wildman–Crippen LogP) is 0.728. The molecule has 0 saturated carbocycles. The number of aromatic nitrogens is 2. The van der Waals surface area contributed by atoms with Crippen molar-refractivity contribution in [1.82, 2.24) is 19.8 Å². The molecule has 144 valence electrons. The molecule has 6 N–H and O–H groups in total. The van der Waals surface area contributed by atoms with Gasteiger partial charge in [-0.05, 0) is 19.3 Å². The van der Waals surface area contributed by atoms with Gasteiger partial charge in [-0.15, -0.1) is 0 Å². The van der Waals surface area contributed by atoms with E-state index in [4.69, 9.17) is 17.2 Å². The number of hydrogen-bond donors (Lipinski definition) is 3. The monoisotopic (exact) mass is 365 g/mol. The average molecular weight is 365 g/mol. The number of rotatable bonds is 2. The quantitative estimate of drug-likeness (QED) is 0.646. The number of imide groups is 2. The van der Waals surface area contributed by atoms with Crippen LogP contribution in [0.3, 0.4) is 0 Å². The minimum Gasteiger partial charge on any atom is -0.383 e. The van der Waals surface area contributed by atoms with E-state index in [0.29, 0.717) is 24.7 Å². The summed E-state index contributed by atoms with van der Waals surface area (Å²) in [6, 6.07) is -0.494. The molecular weight excluding hydrogens is 338 g/mol. The summed E-state index contributed by atoms with van der Waals surface area (Å²) in [6.07, 6.45) is -0.187. The summed E-state index contributed by atoms with van der Waals surface area (Å²) in [7, 11) is 0. The topological polar surface area (TPSA) is 162 Å². The first-order valence-electron chi connectivity index (χ1n) is 8.27. The van der Waals surface area contributed by atoms with Crippen LogP contribution in [0.1, 0.15) is 46.6 Å². The van der Waals surface area contributed by atoms with E-state index in [1.807, 2.05) is 20.8 Å². The molecule has 1 aromatic rings. The van der Waals surface area contributed by atoms with Crippen molar-refractivity contribution in [3.63, 3.8) is 0 Å². The van der Waals surface area contributed by atoms with Crippen LogP contribution in [0, 0.1) is 0 Å². The highest BCUT2D eigenvalue weighted by atomic mass is 16.2. The number of hydrogen-bond acceptors (Lipinski definition) is 8. The van der Waals surface area contributed by atoms with Crippen LogP contribution in [-0.4, -0.2) is 50.7 Å². The van der Waals surface area contributed by atoms with Crippen molar-refractivity contribution in [3.8, 4) is 0 Å². The first-order valence-corrected chi connectivity index (χ1v) is 8.27. The molecule has 1 saturated heterocycles. The van der Waals surface area contributed by atoms with Gasteiger partial charge in [0.1, 0.15) is 18.1 Å². The maximum Gasteiger partial charge on any atom is 0.333 e. The third-order valence-corrected chi connectivity index (χ3v) is 3.73. The minimum absolute atomic E-state index is 0.114. The zero-order valence-corrected chi connectivity index (χ0v) is 15.9. The van der Waals surface area contributed by atoms with Crippen molar-refractivity contribution >= 4 is 35.4 Å². The standard InChI is InChI=1S/C8H15N5.C8H12N2O3/c1-8(2,3)4-5(9)12-7(11)13-6(4)10;1-3-9-6(11)5-7(12)10(4-2)8(9)13/h1-3H3,(H6,9,10,11,12,13);3-5H2,1-2H3. The Balaban J connectivity index is 0.000000260. The van der Waals surface area contributed by atoms with Gasteiger partial charge in [-0.1, -0.05) is 20.8 Å². The molecule has 0 aliphatic carbocycles.